The molecule has 0 saturated carbocycles. The Morgan fingerprint density at radius 2 is 1.82 bits per heavy atom. The van der Waals surface area contributed by atoms with Gasteiger partial charge in [0.15, 0.2) is 6.61 Å². The lowest BCUT2D eigenvalue weighted by atomic mass is 10.2. The Kier molecular flexibility index (Phi) is 8.19. The summed E-state index contributed by atoms with van der Waals surface area (Å²) in [5, 5.41) is 6.43. The van der Waals surface area contributed by atoms with Gasteiger partial charge in [-0.05, 0) is 36.8 Å². The smallest absolute Gasteiger partial charge is 0.344 e. The highest BCUT2D eigenvalue weighted by atomic mass is 16.6. The van der Waals surface area contributed by atoms with Crippen LogP contribution in [0.4, 0.5) is 5.69 Å². The standard InChI is InChI=1S/C20H21N3O5/c1-2-27-20(26)14-28-17-10-6-7-15(11-17)13-21-23-19(25)12-18(24)22-16-8-4-3-5-9-16/h3-11,13H,2,12,14H2,1H3,(H,22,24)(H,23,25). The SMILES string of the molecule is CCOC(=O)COc1cccc(C=NNC(=O)CC(=O)Nc2ccccc2)c1. The van der Waals surface area contributed by atoms with Crippen molar-refractivity contribution in [3.05, 3.63) is 60.2 Å². The third-order valence-corrected chi connectivity index (χ3v) is 3.30. The molecule has 8 heteroatoms. The fourth-order valence-electron chi connectivity index (χ4n) is 2.12. The van der Waals surface area contributed by atoms with E-state index in [2.05, 4.69) is 15.8 Å². The lowest BCUT2D eigenvalue weighted by Crippen LogP contribution is -2.24. The van der Waals surface area contributed by atoms with Crippen LogP contribution < -0.4 is 15.5 Å². The number of amides is 2. The molecule has 0 atom stereocenters. The monoisotopic (exact) mass is 383 g/mol. The number of anilines is 1. The minimum atomic E-state index is -0.542. The van der Waals surface area contributed by atoms with E-state index in [1.54, 1.807) is 55.5 Å². The molecule has 2 amide bonds. The summed E-state index contributed by atoms with van der Waals surface area (Å²) in [5.41, 5.74) is 3.55. The molecule has 0 saturated heterocycles. The second-order valence-corrected chi connectivity index (χ2v) is 5.55. The van der Waals surface area contributed by atoms with Crippen LogP contribution >= 0.6 is 0 Å². The number of nitrogens with zero attached hydrogens (tertiary/aromatic N) is 1. The third kappa shape index (κ3) is 7.69. The highest BCUT2D eigenvalue weighted by Crippen LogP contribution is 2.12. The van der Waals surface area contributed by atoms with Crippen molar-refractivity contribution < 1.29 is 23.9 Å². The maximum Gasteiger partial charge on any atom is 0.344 e. The number of nitrogens with one attached hydrogen (secondary N) is 2. The molecule has 0 spiro atoms. The molecule has 146 valence electrons. The maximum atomic E-state index is 11.8. The summed E-state index contributed by atoms with van der Waals surface area (Å²) in [5.74, 6) is -0.971. The van der Waals surface area contributed by atoms with Gasteiger partial charge < -0.3 is 14.8 Å². The van der Waals surface area contributed by atoms with Gasteiger partial charge in [-0.15, -0.1) is 0 Å². The molecule has 0 fully saturated rings. The van der Waals surface area contributed by atoms with Gasteiger partial charge in [0, 0.05) is 5.69 Å². The van der Waals surface area contributed by atoms with E-state index in [4.69, 9.17) is 9.47 Å². The number of rotatable bonds is 9. The second kappa shape index (κ2) is 11.1. The Morgan fingerprint density at radius 3 is 2.57 bits per heavy atom. The van der Waals surface area contributed by atoms with E-state index >= 15 is 0 Å². The Balaban J connectivity index is 1.78. The lowest BCUT2D eigenvalue weighted by molar-refractivity contribution is -0.145. The average Bonchev–Trinajstić information content (AvgIpc) is 2.67. The normalized spacial score (nSPS) is 10.3. The highest BCUT2D eigenvalue weighted by Gasteiger charge is 2.08. The molecule has 2 aromatic rings. The molecule has 2 N–H and O–H groups in total. The molecule has 0 aliphatic carbocycles. The summed E-state index contributed by atoms with van der Waals surface area (Å²) in [6.45, 7) is 1.81. The van der Waals surface area contributed by atoms with Gasteiger partial charge in [0.1, 0.15) is 12.2 Å². The number of hydrogen-bond acceptors (Lipinski definition) is 6. The fourth-order valence-corrected chi connectivity index (χ4v) is 2.12. The summed E-state index contributed by atoms with van der Waals surface area (Å²) >= 11 is 0. The number of hydrogen-bond donors (Lipinski definition) is 2. The maximum absolute atomic E-state index is 11.8. The van der Waals surface area contributed by atoms with Crippen LogP contribution in [0.2, 0.25) is 0 Å². The number of ether oxygens (including phenoxy) is 2. The summed E-state index contributed by atoms with van der Waals surface area (Å²) in [4.78, 5) is 34.9. The molecule has 2 rings (SSSR count). The Labute approximate surface area is 162 Å². The zero-order chi connectivity index (χ0) is 20.2. The molecule has 0 aromatic heterocycles. The number of carbonyl (C=O) groups excluding carboxylic acids is 3. The van der Waals surface area contributed by atoms with E-state index in [-0.39, 0.29) is 19.6 Å². The van der Waals surface area contributed by atoms with Gasteiger partial charge in [0.05, 0.1) is 12.8 Å². The first-order chi connectivity index (χ1) is 13.6. The van der Waals surface area contributed by atoms with Crippen LogP contribution in [0.3, 0.4) is 0 Å². The van der Waals surface area contributed by atoms with Gasteiger partial charge in [0.25, 0.3) is 0 Å². The molecule has 0 heterocycles. The van der Waals surface area contributed by atoms with Gasteiger partial charge in [0.2, 0.25) is 11.8 Å². The predicted octanol–water partition coefficient (Wildman–Crippen LogP) is 2.11. The topological polar surface area (TPSA) is 106 Å². The molecule has 0 unspecified atom stereocenters. The zero-order valence-corrected chi connectivity index (χ0v) is 15.4. The van der Waals surface area contributed by atoms with Crippen molar-refractivity contribution in [2.24, 2.45) is 5.10 Å². The number of para-hydroxylation sites is 1. The van der Waals surface area contributed by atoms with Crippen molar-refractivity contribution >= 4 is 29.7 Å². The van der Waals surface area contributed by atoms with Crippen LogP contribution in [0.25, 0.3) is 0 Å². The van der Waals surface area contributed by atoms with Crippen molar-refractivity contribution in [3.63, 3.8) is 0 Å². The van der Waals surface area contributed by atoms with Crippen LogP contribution in [-0.4, -0.2) is 37.2 Å². The molecule has 2 aromatic carbocycles. The van der Waals surface area contributed by atoms with Crippen molar-refractivity contribution in [3.8, 4) is 5.75 Å². The summed E-state index contributed by atoms with van der Waals surface area (Å²) < 4.78 is 10.1. The molecule has 28 heavy (non-hydrogen) atoms. The van der Waals surface area contributed by atoms with E-state index in [0.29, 0.717) is 17.0 Å². The minimum Gasteiger partial charge on any atom is -0.482 e. The molecule has 0 aliphatic heterocycles. The van der Waals surface area contributed by atoms with E-state index in [1.165, 1.54) is 6.21 Å². The van der Waals surface area contributed by atoms with E-state index < -0.39 is 17.8 Å². The third-order valence-electron chi connectivity index (χ3n) is 3.30. The number of carbonyl (C=O) groups is 3. The Morgan fingerprint density at radius 1 is 1.04 bits per heavy atom. The lowest BCUT2D eigenvalue weighted by Gasteiger charge is -2.06. The fraction of sp³-hybridized carbons (Fsp3) is 0.200. The summed E-state index contributed by atoms with van der Waals surface area (Å²) in [6, 6.07) is 15.6. The first kappa shape index (κ1) is 20.6. The van der Waals surface area contributed by atoms with Crippen LogP contribution in [-0.2, 0) is 19.1 Å². The summed E-state index contributed by atoms with van der Waals surface area (Å²) in [7, 11) is 0. The van der Waals surface area contributed by atoms with Crippen LogP contribution in [0, 0.1) is 0 Å². The molecular weight excluding hydrogens is 362 g/mol. The molecule has 0 radical (unpaired) electrons. The minimum absolute atomic E-state index is 0.193. The van der Waals surface area contributed by atoms with Gasteiger partial charge >= 0.3 is 5.97 Å². The van der Waals surface area contributed by atoms with Gasteiger partial charge in [-0.1, -0.05) is 30.3 Å². The first-order valence-electron chi connectivity index (χ1n) is 8.62. The van der Waals surface area contributed by atoms with E-state index in [9.17, 15) is 14.4 Å². The van der Waals surface area contributed by atoms with Crippen molar-refractivity contribution in [1.82, 2.24) is 5.43 Å². The molecule has 8 nitrogen and oxygen atoms in total. The van der Waals surface area contributed by atoms with Crippen LogP contribution in [0.15, 0.2) is 59.7 Å². The van der Waals surface area contributed by atoms with E-state index in [1.807, 2.05) is 6.07 Å². The number of benzene rings is 2. The zero-order valence-electron chi connectivity index (χ0n) is 15.4. The van der Waals surface area contributed by atoms with Crippen LogP contribution in [0.1, 0.15) is 18.9 Å². The number of esters is 1. The van der Waals surface area contributed by atoms with Gasteiger partial charge in [-0.2, -0.15) is 5.10 Å². The average molecular weight is 383 g/mol. The van der Waals surface area contributed by atoms with E-state index in [0.717, 1.165) is 0 Å². The largest absolute Gasteiger partial charge is 0.482 e. The highest BCUT2D eigenvalue weighted by molar-refractivity contribution is 6.03. The Bertz CT molecular complexity index is 837. The Hall–Kier alpha value is -3.68. The van der Waals surface area contributed by atoms with Crippen molar-refractivity contribution in [1.29, 1.82) is 0 Å². The summed E-state index contributed by atoms with van der Waals surface area (Å²) in [6.07, 6.45) is 1.05. The number of hydrazone groups is 1. The molecule has 0 bridgehead atoms. The second-order valence-electron chi connectivity index (χ2n) is 5.55. The first-order valence-corrected chi connectivity index (χ1v) is 8.62. The van der Waals surface area contributed by atoms with Gasteiger partial charge in [-0.3, -0.25) is 9.59 Å². The molecular formula is C20H21N3O5. The predicted molar refractivity (Wildman–Crippen MR) is 104 cm³/mol. The molecule has 0 aliphatic rings. The van der Waals surface area contributed by atoms with Crippen LogP contribution in [0.5, 0.6) is 5.75 Å². The quantitative estimate of drug-likeness (QED) is 0.299. The van der Waals surface area contributed by atoms with Gasteiger partial charge in [-0.25, -0.2) is 10.2 Å². The van der Waals surface area contributed by atoms with Crippen molar-refractivity contribution in [2.75, 3.05) is 18.5 Å². The van der Waals surface area contributed by atoms with Crippen molar-refractivity contribution in [2.45, 2.75) is 13.3 Å².